The van der Waals surface area contributed by atoms with Crippen LogP contribution in [0.5, 0.6) is 28.7 Å². The molecule has 2 aromatic carbocycles. The predicted octanol–water partition coefficient (Wildman–Crippen LogP) is 3.72. The van der Waals surface area contributed by atoms with Crippen molar-refractivity contribution in [2.24, 2.45) is 0 Å². The summed E-state index contributed by atoms with van der Waals surface area (Å²) < 4.78 is 27.6. The molecule has 2 aromatic rings. The summed E-state index contributed by atoms with van der Waals surface area (Å²) in [5.74, 6) is 2.24. The van der Waals surface area contributed by atoms with Crippen LogP contribution in [0, 0.1) is 0 Å². The van der Waals surface area contributed by atoms with Gasteiger partial charge in [0.15, 0.2) is 23.9 Å². The zero-order chi connectivity index (χ0) is 23.4. The van der Waals surface area contributed by atoms with Crippen LogP contribution in [0.15, 0.2) is 36.1 Å². The lowest BCUT2D eigenvalue weighted by atomic mass is 10.1. The van der Waals surface area contributed by atoms with Gasteiger partial charge in [-0.3, -0.25) is 9.59 Å². The number of allylic oxidation sites excluding steroid dienone is 1. The smallest absolute Gasteiger partial charge is 0.260 e. The molecule has 0 aliphatic carbocycles. The van der Waals surface area contributed by atoms with Gasteiger partial charge in [-0.05, 0) is 43.5 Å². The van der Waals surface area contributed by atoms with E-state index in [-0.39, 0.29) is 24.1 Å². The van der Waals surface area contributed by atoms with Crippen LogP contribution >= 0.6 is 0 Å². The number of carbonyl (C=O) groups excluding carboxylic acids is 2. The average Bonchev–Trinajstić information content (AvgIpc) is 3.16. The van der Waals surface area contributed by atoms with Crippen LogP contribution in [0.3, 0.4) is 0 Å². The maximum absolute atomic E-state index is 12.9. The van der Waals surface area contributed by atoms with E-state index in [9.17, 15) is 9.59 Å². The van der Waals surface area contributed by atoms with Crippen LogP contribution in [-0.2, 0) is 4.79 Å². The average molecular weight is 453 g/mol. The number of carbonyl (C=O) groups is 2. The summed E-state index contributed by atoms with van der Waals surface area (Å²) in [5.41, 5.74) is 1.03. The number of hydrogen-bond donors (Lipinski definition) is 0. The van der Waals surface area contributed by atoms with Crippen molar-refractivity contribution >= 4 is 17.8 Å². The second-order valence-corrected chi connectivity index (χ2v) is 7.78. The van der Waals surface area contributed by atoms with Gasteiger partial charge < -0.3 is 28.6 Å². The molecule has 0 unspecified atom stereocenters. The highest BCUT2D eigenvalue weighted by molar-refractivity contribution is 6.14. The minimum Gasteiger partial charge on any atom is -0.496 e. The van der Waals surface area contributed by atoms with Gasteiger partial charge in [-0.15, -0.1) is 0 Å². The monoisotopic (exact) mass is 453 g/mol. The van der Waals surface area contributed by atoms with Crippen molar-refractivity contribution in [1.82, 2.24) is 4.90 Å². The normalized spacial score (nSPS) is 16.3. The minimum absolute atomic E-state index is 0.0340. The molecule has 0 radical (unpaired) electrons. The second-order valence-electron chi connectivity index (χ2n) is 7.78. The molecule has 1 amide bonds. The Morgan fingerprint density at radius 3 is 2.36 bits per heavy atom. The van der Waals surface area contributed by atoms with E-state index in [1.54, 1.807) is 36.4 Å². The van der Waals surface area contributed by atoms with E-state index in [1.165, 1.54) is 21.3 Å². The number of piperidine rings is 1. The van der Waals surface area contributed by atoms with Gasteiger partial charge in [-0.1, -0.05) is 0 Å². The van der Waals surface area contributed by atoms with Crippen LogP contribution in [-0.4, -0.2) is 57.6 Å². The van der Waals surface area contributed by atoms with Crippen molar-refractivity contribution in [3.63, 3.8) is 0 Å². The fourth-order valence-corrected chi connectivity index (χ4v) is 3.94. The summed E-state index contributed by atoms with van der Waals surface area (Å²) >= 11 is 0. The van der Waals surface area contributed by atoms with Gasteiger partial charge in [-0.2, -0.15) is 0 Å². The third kappa shape index (κ3) is 4.74. The number of fused-ring (bicyclic) bond motifs is 1. The first-order chi connectivity index (χ1) is 16.0. The molecule has 2 aliphatic rings. The van der Waals surface area contributed by atoms with E-state index in [4.69, 9.17) is 23.7 Å². The van der Waals surface area contributed by atoms with Crippen molar-refractivity contribution in [2.45, 2.75) is 19.3 Å². The first kappa shape index (κ1) is 22.5. The molecule has 0 saturated carbocycles. The van der Waals surface area contributed by atoms with Crippen LogP contribution in [0.4, 0.5) is 0 Å². The van der Waals surface area contributed by atoms with E-state index in [0.717, 1.165) is 32.4 Å². The molecule has 174 valence electrons. The Morgan fingerprint density at radius 2 is 1.67 bits per heavy atom. The quantitative estimate of drug-likeness (QED) is 0.591. The number of benzene rings is 2. The Morgan fingerprint density at radius 1 is 0.970 bits per heavy atom. The lowest BCUT2D eigenvalue weighted by molar-refractivity contribution is -0.134. The summed E-state index contributed by atoms with van der Waals surface area (Å²) in [4.78, 5) is 27.0. The molecule has 2 aliphatic heterocycles. The number of methoxy groups -OCH3 is 3. The Kier molecular flexibility index (Phi) is 6.72. The zero-order valence-corrected chi connectivity index (χ0v) is 19.0. The molecule has 0 spiro atoms. The Bertz CT molecular complexity index is 1090. The largest absolute Gasteiger partial charge is 0.496 e. The summed E-state index contributed by atoms with van der Waals surface area (Å²) in [6.07, 6.45) is 4.82. The molecule has 0 N–H and O–H groups in total. The molecule has 0 atom stereocenters. The number of ketones is 1. The molecule has 1 saturated heterocycles. The Labute approximate surface area is 192 Å². The van der Waals surface area contributed by atoms with Gasteiger partial charge in [0.1, 0.15) is 17.2 Å². The van der Waals surface area contributed by atoms with Crippen LogP contribution in [0.25, 0.3) is 6.08 Å². The topological polar surface area (TPSA) is 83.5 Å². The van der Waals surface area contributed by atoms with E-state index >= 15 is 0 Å². The molecule has 2 heterocycles. The van der Waals surface area contributed by atoms with Crippen LogP contribution < -0.4 is 23.7 Å². The minimum atomic E-state index is -0.252. The third-order valence-corrected chi connectivity index (χ3v) is 5.73. The van der Waals surface area contributed by atoms with E-state index in [0.29, 0.717) is 39.9 Å². The number of likely N-dealkylation sites (tertiary alicyclic amines) is 1. The fourth-order valence-electron chi connectivity index (χ4n) is 3.94. The number of Topliss-reactive ketones (excluding diaryl/α,β-unsaturated/α-hetero) is 1. The number of rotatable bonds is 7. The van der Waals surface area contributed by atoms with Gasteiger partial charge in [-0.25, -0.2) is 0 Å². The molecule has 8 nitrogen and oxygen atoms in total. The molecular weight excluding hydrogens is 426 g/mol. The number of nitrogens with zero attached hydrogens (tertiary/aromatic N) is 1. The first-order valence-corrected chi connectivity index (χ1v) is 10.8. The lowest BCUT2D eigenvalue weighted by Crippen LogP contribution is -2.38. The summed E-state index contributed by atoms with van der Waals surface area (Å²) in [7, 11) is 4.60. The highest BCUT2D eigenvalue weighted by atomic mass is 16.5. The van der Waals surface area contributed by atoms with Gasteiger partial charge in [0.25, 0.3) is 5.91 Å². The molecule has 0 aromatic heterocycles. The predicted molar refractivity (Wildman–Crippen MR) is 121 cm³/mol. The van der Waals surface area contributed by atoms with Crippen molar-refractivity contribution < 1.29 is 33.3 Å². The zero-order valence-electron chi connectivity index (χ0n) is 19.0. The van der Waals surface area contributed by atoms with Crippen molar-refractivity contribution in [3.05, 3.63) is 47.2 Å². The van der Waals surface area contributed by atoms with Gasteiger partial charge in [0, 0.05) is 30.8 Å². The summed E-state index contributed by atoms with van der Waals surface area (Å²) in [6, 6.07) is 8.34. The highest BCUT2D eigenvalue weighted by Crippen LogP contribution is 2.39. The lowest BCUT2D eigenvalue weighted by Gasteiger charge is -2.26. The highest BCUT2D eigenvalue weighted by Gasteiger charge is 2.28. The molecule has 8 heteroatoms. The molecule has 33 heavy (non-hydrogen) atoms. The van der Waals surface area contributed by atoms with Crippen LogP contribution in [0.2, 0.25) is 0 Å². The van der Waals surface area contributed by atoms with Crippen molar-refractivity contribution in [2.75, 3.05) is 41.0 Å². The fraction of sp³-hybridized carbons (Fsp3) is 0.360. The SMILES string of the molecule is COc1cc(OC)c(OC)cc1C=C1Oc2cc(OCC(=O)N3CCCCC3)ccc2C1=O. The van der Waals surface area contributed by atoms with Gasteiger partial charge in [0.05, 0.1) is 26.9 Å². The van der Waals surface area contributed by atoms with Gasteiger partial charge >= 0.3 is 0 Å². The Hall–Kier alpha value is -3.68. The first-order valence-electron chi connectivity index (χ1n) is 10.8. The standard InChI is InChI=1S/C25H27NO7/c1-29-19-14-22(31-3)21(30-2)11-16(19)12-23-25(28)18-8-7-17(13-20(18)33-23)32-15-24(27)26-9-5-4-6-10-26/h7-8,11-14H,4-6,9-10,15H2,1-3H3. The third-order valence-electron chi connectivity index (χ3n) is 5.73. The second kappa shape index (κ2) is 9.85. The number of hydrogen-bond acceptors (Lipinski definition) is 7. The van der Waals surface area contributed by atoms with Crippen LogP contribution in [0.1, 0.15) is 35.2 Å². The Balaban J connectivity index is 1.50. The molecule has 4 rings (SSSR count). The van der Waals surface area contributed by atoms with Crippen molar-refractivity contribution in [3.8, 4) is 28.7 Å². The maximum Gasteiger partial charge on any atom is 0.260 e. The number of amides is 1. The summed E-state index contributed by atoms with van der Waals surface area (Å²) in [6.45, 7) is 1.51. The van der Waals surface area contributed by atoms with E-state index in [2.05, 4.69) is 0 Å². The number of ether oxygens (including phenoxy) is 5. The van der Waals surface area contributed by atoms with Crippen molar-refractivity contribution in [1.29, 1.82) is 0 Å². The van der Waals surface area contributed by atoms with E-state index < -0.39 is 0 Å². The molecular formula is C25H27NO7. The maximum atomic E-state index is 12.9. The molecule has 0 bridgehead atoms. The van der Waals surface area contributed by atoms with E-state index in [1.807, 2.05) is 4.90 Å². The molecule has 1 fully saturated rings. The van der Waals surface area contributed by atoms with Gasteiger partial charge in [0.2, 0.25) is 5.78 Å². The summed E-state index contributed by atoms with van der Waals surface area (Å²) in [5, 5.41) is 0.